The van der Waals surface area contributed by atoms with Crippen molar-refractivity contribution in [1.82, 2.24) is 10.6 Å². The van der Waals surface area contributed by atoms with Crippen LogP contribution < -0.4 is 10.6 Å². The van der Waals surface area contributed by atoms with Crippen LogP contribution in [0.1, 0.15) is 227 Å². The van der Waals surface area contributed by atoms with Gasteiger partial charge < -0.3 is 10.6 Å². The average Bonchev–Trinajstić information content (AvgIpc) is 3.04. The van der Waals surface area contributed by atoms with Crippen LogP contribution in [0.25, 0.3) is 0 Å². The Kier molecular flexibility index (Phi) is 35.5. The molecule has 0 spiro atoms. The van der Waals surface area contributed by atoms with Crippen molar-refractivity contribution < 1.29 is 9.59 Å². The van der Waals surface area contributed by atoms with Crippen molar-refractivity contribution >= 4 is 11.8 Å². The Balaban J connectivity index is 3.61. The van der Waals surface area contributed by atoms with E-state index in [9.17, 15) is 9.59 Å². The summed E-state index contributed by atoms with van der Waals surface area (Å²) in [6.07, 6.45) is 43.0. The molecule has 4 nitrogen and oxygen atoms in total. The van der Waals surface area contributed by atoms with Crippen molar-refractivity contribution in [2.45, 2.75) is 233 Å². The molecule has 0 aliphatic carbocycles. The molecule has 2 N–H and O–H groups in total. The van der Waals surface area contributed by atoms with E-state index >= 15 is 0 Å². The summed E-state index contributed by atoms with van der Waals surface area (Å²) in [4.78, 5) is 24.8. The number of carbonyl (C=O) groups excluding carboxylic acids is 2. The van der Waals surface area contributed by atoms with Gasteiger partial charge in [-0.1, -0.05) is 168 Å². The highest BCUT2D eigenvalue weighted by molar-refractivity contribution is 5.76. The van der Waals surface area contributed by atoms with Gasteiger partial charge in [-0.05, 0) is 63.7 Å². The number of rotatable bonds is 36. The molecule has 0 bridgehead atoms. The van der Waals surface area contributed by atoms with E-state index in [0.29, 0.717) is 18.8 Å². The van der Waals surface area contributed by atoms with Crippen LogP contribution >= 0.6 is 0 Å². The van der Waals surface area contributed by atoms with Crippen LogP contribution in [0.3, 0.4) is 0 Å². The summed E-state index contributed by atoms with van der Waals surface area (Å²) in [6, 6.07) is 0.234. The molecule has 0 heterocycles. The molecule has 0 saturated carbocycles. The zero-order valence-electron chi connectivity index (χ0n) is 31.8. The lowest BCUT2D eigenvalue weighted by Crippen LogP contribution is -2.38. The fourth-order valence-electron chi connectivity index (χ4n) is 6.32. The van der Waals surface area contributed by atoms with Crippen molar-refractivity contribution in [1.29, 1.82) is 0 Å². The predicted octanol–water partition coefficient (Wildman–Crippen LogP) is 12.9. The van der Waals surface area contributed by atoms with Gasteiger partial charge in [-0.2, -0.15) is 0 Å². The minimum atomic E-state index is 0.206. The van der Waals surface area contributed by atoms with Gasteiger partial charge in [-0.15, -0.1) is 0 Å². The fourth-order valence-corrected chi connectivity index (χ4v) is 6.32. The second kappa shape index (κ2) is 36.5. The van der Waals surface area contributed by atoms with Crippen LogP contribution in [-0.2, 0) is 9.59 Å². The number of allylic oxidation sites excluding steroid dienone is 2. The number of amides is 2. The minimum absolute atomic E-state index is 0.206. The van der Waals surface area contributed by atoms with E-state index in [0.717, 1.165) is 45.1 Å². The topological polar surface area (TPSA) is 58.2 Å². The number of hydrogen-bond acceptors (Lipinski definition) is 2. The largest absolute Gasteiger partial charge is 0.356 e. The summed E-state index contributed by atoms with van der Waals surface area (Å²) < 4.78 is 0. The third kappa shape index (κ3) is 34.0. The molecule has 272 valence electrons. The van der Waals surface area contributed by atoms with E-state index in [1.807, 2.05) is 0 Å². The standard InChI is InChI=1S/C42H82N2O2/c1-5-7-9-11-13-15-17-19-20-22-23-25-27-29-31-36-41(45)43-38-34-33-35-40(39(3)4)44-42(46)37-32-30-28-26-24-21-18-16-14-12-10-8-6-2/h16,18,39-40H,5-15,17,19-38H2,1-4H3,(H,43,45)(H,44,46)/b18-16-/t40-/m0/s1. The maximum atomic E-state index is 12.5. The molecule has 0 aliphatic rings. The van der Waals surface area contributed by atoms with E-state index < -0.39 is 0 Å². The van der Waals surface area contributed by atoms with Gasteiger partial charge in [0.05, 0.1) is 0 Å². The zero-order valence-corrected chi connectivity index (χ0v) is 31.8. The molecule has 0 aromatic heterocycles. The third-order valence-corrected chi connectivity index (χ3v) is 9.59. The quantitative estimate of drug-likeness (QED) is 0.0525. The predicted molar refractivity (Wildman–Crippen MR) is 203 cm³/mol. The second-order valence-corrected chi connectivity index (χ2v) is 14.6. The Morgan fingerprint density at radius 1 is 0.478 bits per heavy atom. The smallest absolute Gasteiger partial charge is 0.220 e. The number of unbranched alkanes of at least 4 members (excludes halogenated alkanes) is 24. The van der Waals surface area contributed by atoms with Gasteiger partial charge >= 0.3 is 0 Å². The van der Waals surface area contributed by atoms with Crippen molar-refractivity contribution in [3.05, 3.63) is 12.2 Å². The molecule has 0 unspecified atom stereocenters. The van der Waals surface area contributed by atoms with Crippen LogP contribution in [0.15, 0.2) is 12.2 Å². The van der Waals surface area contributed by atoms with Crippen LogP contribution in [0.5, 0.6) is 0 Å². The molecule has 0 saturated heterocycles. The highest BCUT2D eigenvalue weighted by Gasteiger charge is 2.15. The van der Waals surface area contributed by atoms with Crippen LogP contribution in [0, 0.1) is 5.92 Å². The average molecular weight is 647 g/mol. The molecular formula is C42H82N2O2. The monoisotopic (exact) mass is 647 g/mol. The first-order valence-corrected chi connectivity index (χ1v) is 20.7. The SMILES string of the molecule is CCCCCC/C=C\CCCCCCCC(=O)N[C@@H](CCCCNC(=O)CCCCCCCCCCCCCCCCC)C(C)C. The lowest BCUT2D eigenvalue weighted by atomic mass is 9.98. The lowest BCUT2D eigenvalue weighted by Gasteiger charge is -2.22. The van der Waals surface area contributed by atoms with E-state index in [4.69, 9.17) is 0 Å². The van der Waals surface area contributed by atoms with Gasteiger partial charge in [0.2, 0.25) is 11.8 Å². The van der Waals surface area contributed by atoms with Crippen LogP contribution in [0.4, 0.5) is 0 Å². The Labute approximate surface area is 288 Å². The highest BCUT2D eigenvalue weighted by atomic mass is 16.2. The maximum absolute atomic E-state index is 12.5. The molecule has 0 aliphatic heterocycles. The first-order chi connectivity index (χ1) is 22.5. The van der Waals surface area contributed by atoms with Gasteiger partial charge in [0.15, 0.2) is 0 Å². The summed E-state index contributed by atoms with van der Waals surface area (Å²) in [7, 11) is 0. The molecule has 4 heteroatoms. The molecule has 46 heavy (non-hydrogen) atoms. The fraction of sp³-hybridized carbons (Fsp3) is 0.905. The van der Waals surface area contributed by atoms with E-state index in [1.165, 1.54) is 148 Å². The van der Waals surface area contributed by atoms with Gasteiger partial charge in [0.1, 0.15) is 0 Å². The molecule has 0 aromatic rings. The van der Waals surface area contributed by atoms with Gasteiger partial charge in [0.25, 0.3) is 0 Å². The summed E-state index contributed by atoms with van der Waals surface area (Å²) in [6.45, 7) is 9.70. The maximum Gasteiger partial charge on any atom is 0.220 e. The first kappa shape index (κ1) is 44.7. The van der Waals surface area contributed by atoms with Crippen molar-refractivity contribution in [3.63, 3.8) is 0 Å². The number of hydrogen-bond donors (Lipinski definition) is 2. The summed E-state index contributed by atoms with van der Waals surface area (Å²) in [5.74, 6) is 0.850. The number of carbonyl (C=O) groups is 2. The molecule has 2 amide bonds. The lowest BCUT2D eigenvalue weighted by molar-refractivity contribution is -0.122. The summed E-state index contributed by atoms with van der Waals surface area (Å²) in [5, 5.41) is 6.41. The molecule has 0 fully saturated rings. The Bertz CT molecular complexity index is 675. The Morgan fingerprint density at radius 2 is 0.870 bits per heavy atom. The van der Waals surface area contributed by atoms with E-state index in [-0.39, 0.29) is 17.9 Å². The highest BCUT2D eigenvalue weighted by Crippen LogP contribution is 2.15. The van der Waals surface area contributed by atoms with Crippen molar-refractivity contribution in [3.8, 4) is 0 Å². The van der Waals surface area contributed by atoms with Crippen molar-refractivity contribution in [2.24, 2.45) is 5.92 Å². The molecule has 0 radical (unpaired) electrons. The molecular weight excluding hydrogens is 564 g/mol. The van der Waals surface area contributed by atoms with Gasteiger partial charge in [-0.25, -0.2) is 0 Å². The summed E-state index contributed by atoms with van der Waals surface area (Å²) >= 11 is 0. The zero-order chi connectivity index (χ0) is 33.8. The minimum Gasteiger partial charge on any atom is -0.356 e. The Hall–Kier alpha value is -1.32. The molecule has 1 atom stereocenters. The molecule has 0 aromatic carbocycles. The van der Waals surface area contributed by atoms with Crippen LogP contribution in [-0.4, -0.2) is 24.4 Å². The summed E-state index contributed by atoms with van der Waals surface area (Å²) in [5.41, 5.74) is 0. The van der Waals surface area contributed by atoms with E-state index in [1.54, 1.807) is 0 Å². The second-order valence-electron chi connectivity index (χ2n) is 14.6. The Morgan fingerprint density at radius 3 is 1.33 bits per heavy atom. The van der Waals surface area contributed by atoms with Gasteiger partial charge in [0, 0.05) is 25.4 Å². The van der Waals surface area contributed by atoms with Crippen LogP contribution in [0.2, 0.25) is 0 Å². The van der Waals surface area contributed by atoms with Crippen molar-refractivity contribution in [2.75, 3.05) is 6.54 Å². The third-order valence-electron chi connectivity index (χ3n) is 9.59. The first-order valence-electron chi connectivity index (χ1n) is 20.7. The normalized spacial score (nSPS) is 12.3. The number of nitrogens with one attached hydrogen (secondary N) is 2. The van der Waals surface area contributed by atoms with Gasteiger partial charge in [-0.3, -0.25) is 9.59 Å². The van der Waals surface area contributed by atoms with E-state index in [2.05, 4.69) is 50.5 Å². The molecule has 0 rings (SSSR count).